The summed E-state index contributed by atoms with van der Waals surface area (Å²) in [6, 6.07) is 10.0. The van der Waals surface area contributed by atoms with Crippen LogP contribution in [0, 0.1) is 10.1 Å². The molecule has 98 valence electrons. The second-order valence-electron chi connectivity index (χ2n) is 3.57. The number of hydrazine groups is 1. The summed E-state index contributed by atoms with van der Waals surface area (Å²) < 4.78 is 0.775. The molecule has 1 heterocycles. The lowest BCUT2D eigenvalue weighted by atomic mass is 10.3. The number of rotatable bonds is 4. The Kier molecular flexibility index (Phi) is 3.93. The Morgan fingerprint density at radius 1 is 1.26 bits per heavy atom. The van der Waals surface area contributed by atoms with E-state index in [9.17, 15) is 10.1 Å². The molecule has 4 N–H and O–H groups in total. The zero-order valence-corrected chi connectivity index (χ0v) is 11.2. The highest BCUT2D eigenvalue weighted by Gasteiger charge is 2.16. The Balaban J connectivity index is 2.43. The van der Waals surface area contributed by atoms with Crippen molar-refractivity contribution in [3.8, 4) is 0 Å². The highest BCUT2D eigenvalue weighted by atomic mass is 79.9. The van der Waals surface area contributed by atoms with Gasteiger partial charge in [0.15, 0.2) is 0 Å². The van der Waals surface area contributed by atoms with Gasteiger partial charge in [0.25, 0.3) is 0 Å². The smallest absolute Gasteiger partial charge is 0.311 e. The van der Waals surface area contributed by atoms with Gasteiger partial charge >= 0.3 is 5.69 Å². The van der Waals surface area contributed by atoms with Crippen molar-refractivity contribution in [1.82, 2.24) is 4.98 Å². The normalized spacial score (nSPS) is 10.0. The molecule has 2 aromatic rings. The molecule has 8 heteroatoms. The molecule has 0 atom stereocenters. The lowest BCUT2D eigenvalue weighted by Gasteiger charge is -2.09. The van der Waals surface area contributed by atoms with Gasteiger partial charge in [0.1, 0.15) is 5.82 Å². The van der Waals surface area contributed by atoms with Crippen LogP contribution in [0.1, 0.15) is 0 Å². The summed E-state index contributed by atoms with van der Waals surface area (Å²) in [6.07, 6.45) is 0. The summed E-state index contributed by atoms with van der Waals surface area (Å²) in [6.45, 7) is 0. The van der Waals surface area contributed by atoms with Crippen LogP contribution in [-0.2, 0) is 0 Å². The van der Waals surface area contributed by atoms with Gasteiger partial charge in [0, 0.05) is 10.5 Å². The molecule has 0 saturated heterocycles. The van der Waals surface area contributed by atoms with Crippen molar-refractivity contribution < 1.29 is 4.92 Å². The predicted octanol–water partition coefficient (Wildman–Crippen LogP) is 2.78. The first kappa shape index (κ1) is 13.2. The second-order valence-corrected chi connectivity index (χ2v) is 4.42. The molecule has 0 spiro atoms. The Labute approximate surface area is 117 Å². The minimum Gasteiger partial charge on any atom is -0.333 e. The number of nitrogens with zero attached hydrogens (tertiary/aromatic N) is 2. The van der Waals surface area contributed by atoms with E-state index in [1.807, 2.05) is 18.2 Å². The van der Waals surface area contributed by atoms with Gasteiger partial charge in [0.05, 0.1) is 10.6 Å². The first-order valence-electron chi connectivity index (χ1n) is 5.25. The van der Waals surface area contributed by atoms with E-state index in [0.717, 1.165) is 4.47 Å². The Morgan fingerprint density at radius 2 is 2.00 bits per heavy atom. The summed E-state index contributed by atoms with van der Waals surface area (Å²) in [5, 5.41) is 13.9. The summed E-state index contributed by atoms with van der Waals surface area (Å²) in [7, 11) is 0. The van der Waals surface area contributed by atoms with E-state index in [4.69, 9.17) is 5.84 Å². The molecule has 0 bridgehead atoms. The molecule has 0 amide bonds. The molecule has 19 heavy (non-hydrogen) atoms. The van der Waals surface area contributed by atoms with E-state index in [0.29, 0.717) is 11.5 Å². The standard InChI is InChI=1S/C11H10BrN5O2/c12-7-3-1-2-4-8(7)14-11-9(17(18)19)5-6-10(15-11)16-13/h1-6H,13H2,(H2,14,15,16). The van der Waals surface area contributed by atoms with Crippen LogP contribution < -0.4 is 16.6 Å². The monoisotopic (exact) mass is 323 g/mol. The van der Waals surface area contributed by atoms with Crippen LogP contribution in [0.25, 0.3) is 0 Å². The van der Waals surface area contributed by atoms with Gasteiger partial charge in [0.2, 0.25) is 5.82 Å². The molecule has 0 unspecified atom stereocenters. The molecule has 1 aromatic heterocycles. The number of benzene rings is 1. The first-order chi connectivity index (χ1) is 9.11. The quantitative estimate of drug-likeness (QED) is 0.454. The van der Waals surface area contributed by atoms with Gasteiger partial charge in [-0.3, -0.25) is 10.1 Å². The summed E-state index contributed by atoms with van der Waals surface area (Å²) in [4.78, 5) is 14.5. The Hall–Kier alpha value is -2.19. The van der Waals surface area contributed by atoms with Crippen molar-refractivity contribution >= 4 is 38.9 Å². The zero-order chi connectivity index (χ0) is 13.8. The van der Waals surface area contributed by atoms with Crippen molar-refractivity contribution in [3.63, 3.8) is 0 Å². The Bertz CT molecular complexity index is 620. The number of para-hydroxylation sites is 1. The molecule has 0 aliphatic heterocycles. The SMILES string of the molecule is NNc1ccc([N+](=O)[O-])c(Nc2ccccc2Br)n1. The molecule has 0 aliphatic carbocycles. The van der Waals surface area contributed by atoms with Crippen LogP contribution in [0.2, 0.25) is 0 Å². The third-order valence-electron chi connectivity index (χ3n) is 2.35. The summed E-state index contributed by atoms with van der Waals surface area (Å²) in [5.41, 5.74) is 2.89. The fraction of sp³-hybridized carbons (Fsp3) is 0. The average molecular weight is 324 g/mol. The van der Waals surface area contributed by atoms with Crippen LogP contribution in [0.4, 0.5) is 23.0 Å². The van der Waals surface area contributed by atoms with E-state index in [1.54, 1.807) is 6.07 Å². The van der Waals surface area contributed by atoms with Crippen molar-refractivity contribution in [2.75, 3.05) is 10.7 Å². The molecule has 7 nitrogen and oxygen atoms in total. The molecule has 2 rings (SSSR count). The van der Waals surface area contributed by atoms with Crippen LogP contribution in [0.15, 0.2) is 40.9 Å². The summed E-state index contributed by atoms with van der Waals surface area (Å²) >= 11 is 3.35. The van der Waals surface area contributed by atoms with Crippen molar-refractivity contribution in [2.24, 2.45) is 5.84 Å². The van der Waals surface area contributed by atoms with E-state index in [-0.39, 0.29) is 11.5 Å². The van der Waals surface area contributed by atoms with Crippen molar-refractivity contribution in [1.29, 1.82) is 0 Å². The van der Waals surface area contributed by atoms with E-state index < -0.39 is 4.92 Å². The van der Waals surface area contributed by atoms with Gasteiger partial charge in [-0.1, -0.05) is 12.1 Å². The zero-order valence-electron chi connectivity index (χ0n) is 9.63. The Morgan fingerprint density at radius 3 is 2.63 bits per heavy atom. The third kappa shape index (κ3) is 2.98. The minimum absolute atomic E-state index is 0.118. The van der Waals surface area contributed by atoms with Crippen LogP contribution in [0.3, 0.4) is 0 Å². The first-order valence-corrected chi connectivity index (χ1v) is 6.04. The highest BCUT2D eigenvalue weighted by molar-refractivity contribution is 9.10. The maximum Gasteiger partial charge on any atom is 0.311 e. The lowest BCUT2D eigenvalue weighted by molar-refractivity contribution is -0.384. The number of pyridine rings is 1. The molecule has 1 aromatic carbocycles. The molecule has 0 saturated carbocycles. The number of nitrogens with one attached hydrogen (secondary N) is 2. The van der Waals surface area contributed by atoms with E-state index >= 15 is 0 Å². The maximum absolute atomic E-state index is 11.0. The fourth-order valence-corrected chi connectivity index (χ4v) is 1.85. The molecular weight excluding hydrogens is 314 g/mol. The number of halogens is 1. The van der Waals surface area contributed by atoms with E-state index in [1.165, 1.54) is 12.1 Å². The number of anilines is 3. The molecule has 0 radical (unpaired) electrons. The fourth-order valence-electron chi connectivity index (χ4n) is 1.46. The topological polar surface area (TPSA) is 106 Å². The molecule has 0 aliphatic rings. The van der Waals surface area contributed by atoms with E-state index in [2.05, 4.69) is 31.7 Å². The van der Waals surface area contributed by atoms with Crippen LogP contribution in [-0.4, -0.2) is 9.91 Å². The number of aromatic nitrogens is 1. The minimum atomic E-state index is -0.507. The third-order valence-corrected chi connectivity index (χ3v) is 3.04. The second kappa shape index (κ2) is 5.63. The van der Waals surface area contributed by atoms with Gasteiger partial charge in [-0.25, -0.2) is 10.8 Å². The lowest BCUT2D eigenvalue weighted by Crippen LogP contribution is -2.10. The van der Waals surface area contributed by atoms with Crippen LogP contribution >= 0.6 is 15.9 Å². The van der Waals surface area contributed by atoms with Crippen LogP contribution in [0.5, 0.6) is 0 Å². The number of hydrogen-bond acceptors (Lipinski definition) is 6. The maximum atomic E-state index is 11.0. The highest BCUT2D eigenvalue weighted by Crippen LogP contribution is 2.30. The summed E-state index contributed by atoms with van der Waals surface area (Å²) in [5.74, 6) is 5.70. The predicted molar refractivity (Wildman–Crippen MR) is 76.1 cm³/mol. The van der Waals surface area contributed by atoms with Crippen molar-refractivity contribution in [2.45, 2.75) is 0 Å². The number of nitro groups is 1. The van der Waals surface area contributed by atoms with Gasteiger partial charge in [-0.15, -0.1) is 0 Å². The van der Waals surface area contributed by atoms with Gasteiger partial charge in [-0.05, 0) is 34.1 Å². The molecular formula is C11H10BrN5O2. The number of nitrogens with two attached hydrogens (primary N) is 1. The average Bonchev–Trinajstić information content (AvgIpc) is 2.41. The molecule has 0 fully saturated rings. The van der Waals surface area contributed by atoms with Gasteiger partial charge in [-0.2, -0.15) is 0 Å². The van der Waals surface area contributed by atoms with Crippen molar-refractivity contribution in [3.05, 3.63) is 51.0 Å². The largest absolute Gasteiger partial charge is 0.333 e. The van der Waals surface area contributed by atoms with Gasteiger partial charge < -0.3 is 10.7 Å². The number of hydrogen-bond donors (Lipinski definition) is 3. The number of nitrogen functional groups attached to an aromatic ring is 1.